The molecular formula is C18H22FN3O. The van der Waals surface area contributed by atoms with E-state index in [1.54, 1.807) is 12.1 Å². The fourth-order valence-electron chi connectivity index (χ4n) is 2.95. The Morgan fingerprint density at radius 2 is 2.13 bits per heavy atom. The lowest BCUT2D eigenvalue weighted by Gasteiger charge is -2.25. The van der Waals surface area contributed by atoms with Crippen molar-refractivity contribution in [2.75, 3.05) is 6.54 Å². The molecule has 1 amide bonds. The third kappa shape index (κ3) is 3.44. The molecule has 1 aliphatic rings. The van der Waals surface area contributed by atoms with Gasteiger partial charge < -0.3 is 9.88 Å². The molecule has 3 rings (SSSR count). The zero-order valence-corrected chi connectivity index (χ0v) is 13.6. The first-order chi connectivity index (χ1) is 11.0. The second kappa shape index (κ2) is 6.52. The number of nitrogens with one attached hydrogen (secondary N) is 1. The highest BCUT2D eigenvalue weighted by Gasteiger charge is 2.27. The van der Waals surface area contributed by atoms with Gasteiger partial charge in [-0.1, -0.05) is 13.8 Å². The van der Waals surface area contributed by atoms with Crippen LogP contribution in [0.25, 0.3) is 11.3 Å². The molecule has 0 bridgehead atoms. The number of benzene rings is 1. The highest BCUT2D eigenvalue weighted by molar-refractivity contribution is 5.79. The fraction of sp³-hybridized carbons (Fsp3) is 0.444. The fourth-order valence-corrected chi connectivity index (χ4v) is 2.95. The number of hydrogen-bond acceptors (Lipinski definition) is 2. The van der Waals surface area contributed by atoms with Gasteiger partial charge in [0.2, 0.25) is 5.91 Å². The first kappa shape index (κ1) is 15.7. The molecule has 23 heavy (non-hydrogen) atoms. The van der Waals surface area contributed by atoms with Crippen molar-refractivity contribution < 1.29 is 9.18 Å². The minimum atomic E-state index is -0.252. The van der Waals surface area contributed by atoms with Gasteiger partial charge in [0, 0.05) is 19.5 Å². The van der Waals surface area contributed by atoms with Crippen molar-refractivity contribution in [1.82, 2.24) is 14.9 Å². The minimum Gasteiger partial charge on any atom is -0.356 e. The molecule has 5 heteroatoms. The molecule has 0 spiro atoms. The van der Waals surface area contributed by atoms with Crippen LogP contribution in [-0.2, 0) is 17.8 Å². The highest BCUT2D eigenvalue weighted by Crippen LogP contribution is 2.27. The van der Waals surface area contributed by atoms with Gasteiger partial charge in [0.05, 0.1) is 17.8 Å². The average molecular weight is 315 g/mol. The maximum atomic E-state index is 13.1. The quantitative estimate of drug-likeness (QED) is 0.943. The van der Waals surface area contributed by atoms with Crippen molar-refractivity contribution in [2.24, 2.45) is 11.8 Å². The van der Waals surface area contributed by atoms with Gasteiger partial charge in [-0.3, -0.25) is 4.79 Å². The van der Waals surface area contributed by atoms with Crippen LogP contribution in [0.15, 0.2) is 30.5 Å². The van der Waals surface area contributed by atoms with Crippen LogP contribution in [0.4, 0.5) is 4.39 Å². The van der Waals surface area contributed by atoms with Crippen molar-refractivity contribution in [3.05, 3.63) is 42.1 Å². The largest absolute Gasteiger partial charge is 0.356 e. The Balaban J connectivity index is 1.78. The zero-order chi connectivity index (χ0) is 16.4. The Hall–Kier alpha value is -2.17. The molecule has 0 fully saturated rings. The molecule has 1 aliphatic heterocycles. The summed E-state index contributed by atoms with van der Waals surface area (Å²) in [4.78, 5) is 16.8. The lowest BCUT2D eigenvalue weighted by atomic mass is 9.97. The van der Waals surface area contributed by atoms with Crippen LogP contribution in [0.1, 0.15) is 26.1 Å². The predicted molar refractivity (Wildman–Crippen MR) is 87.3 cm³/mol. The minimum absolute atomic E-state index is 0.0327. The first-order valence-electron chi connectivity index (χ1n) is 8.12. The molecule has 1 unspecified atom stereocenters. The molecular weight excluding hydrogens is 293 g/mol. The standard InChI is InChI=1S/C18H22FN3O/c1-12(2)9-21-18(23)14-5-8-17-20-10-16(22(17)11-14)13-3-6-15(19)7-4-13/h3-4,6-7,10,12,14H,5,8-9,11H2,1-2H3,(H,21,23). The first-order valence-corrected chi connectivity index (χ1v) is 8.12. The van der Waals surface area contributed by atoms with E-state index in [1.165, 1.54) is 12.1 Å². The van der Waals surface area contributed by atoms with Crippen molar-refractivity contribution >= 4 is 5.91 Å². The molecule has 4 nitrogen and oxygen atoms in total. The van der Waals surface area contributed by atoms with Gasteiger partial charge in [-0.05, 0) is 42.2 Å². The summed E-state index contributed by atoms with van der Waals surface area (Å²) in [6.07, 6.45) is 3.43. The van der Waals surface area contributed by atoms with Crippen LogP contribution in [-0.4, -0.2) is 22.0 Å². The number of nitrogens with zero attached hydrogens (tertiary/aromatic N) is 2. The highest BCUT2D eigenvalue weighted by atomic mass is 19.1. The number of fused-ring (bicyclic) bond motifs is 1. The number of carbonyl (C=O) groups is 1. The summed E-state index contributed by atoms with van der Waals surface area (Å²) in [6.45, 7) is 5.51. The maximum absolute atomic E-state index is 13.1. The third-order valence-electron chi connectivity index (χ3n) is 4.25. The molecule has 0 aliphatic carbocycles. The number of imidazole rings is 1. The monoisotopic (exact) mass is 315 g/mol. The molecule has 1 aromatic heterocycles. The second-order valence-electron chi connectivity index (χ2n) is 6.55. The molecule has 1 N–H and O–H groups in total. The van der Waals surface area contributed by atoms with Gasteiger partial charge in [0.25, 0.3) is 0 Å². The number of rotatable bonds is 4. The molecule has 1 aromatic carbocycles. The van der Waals surface area contributed by atoms with Crippen LogP contribution < -0.4 is 5.32 Å². The number of amides is 1. The summed E-state index contributed by atoms with van der Waals surface area (Å²) in [6, 6.07) is 6.40. The topological polar surface area (TPSA) is 46.9 Å². The van der Waals surface area contributed by atoms with E-state index in [-0.39, 0.29) is 17.6 Å². The van der Waals surface area contributed by atoms with Crippen LogP contribution in [0.3, 0.4) is 0 Å². The van der Waals surface area contributed by atoms with Gasteiger partial charge in [0.15, 0.2) is 0 Å². The summed E-state index contributed by atoms with van der Waals surface area (Å²) in [5.74, 6) is 1.27. The SMILES string of the molecule is CC(C)CNC(=O)C1CCc2ncc(-c3ccc(F)cc3)n2C1. The molecule has 0 radical (unpaired) electrons. The predicted octanol–water partition coefficient (Wildman–Crippen LogP) is 3.02. The summed E-state index contributed by atoms with van der Waals surface area (Å²) in [5, 5.41) is 3.02. The van der Waals surface area contributed by atoms with Crippen molar-refractivity contribution in [3.8, 4) is 11.3 Å². The number of aromatic nitrogens is 2. The molecule has 122 valence electrons. The van der Waals surface area contributed by atoms with E-state index in [4.69, 9.17) is 0 Å². The van der Waals surface area contributed by atoms with E-state index in [9.17, 15) is 9.18 Å². The van der Waals surface area contributed by atoms with E-state index in [2.05, 4.69) is 28.7 Å². The van der Waals surface area contributed by atoms with Crippen LogP contribution in [0.5, 0.6) is 0 Å². The van der Waals surface area contributed by atoms with E-state index in [0.29, 0.717) is 19.0 Å². The van der Waals surface area contributed by atoms with Gasteiger partial charge in [-0.15, -0.1) is 0 Å². The van der Waals surface area contributed by atoms with Crippen LogP contribution in [0, 0.1) is 17.7 Å². The number of hydrogen-bond donors (Lipinski definition) is 1. The maximum Gasteiger partial charge on any atom is 0.224 e. The summed E-state index contributed by atoms with van der Waals surface area (Å²) in [7, 11) is 0. The van der Waals surface area contributed by atoms with Crippen LogP contribution in [0.2, 0.25) is 0 Å². The van der Waals surface area contributed by atoms with E-state index in [1.807, 2.05) is 6.20 Å². The van der Waals surface area contributed by atoms with E-state index >= 15 is 0 Å². The molecule has 2 aromatic rings. The van der Waals surface area contributed by atoms with E-state index in [0.717, 1.165) is 29.9 Å². The molecule has 2 heterocycles. The average Bonchev–Trinajstić information content (AvgIpc) is 2.96. The van der Waals surface area contributed by atoms with Gasteiger partial charge in [-0.25, -0.2) is 9.37 Å². The number of aryl methyl sites for hydroxylation is 1. The van der Waals surface area contributed by atoms with Crippen molar-refractivity contribution in [3.63, 3.8) is 0 Å². The van der Waals surface area contributed by atoms with E-state index < -0.39 is 0 Å². The van der Waals surface area contributed by atoms with Gasteiger partial charge in [-0.2, -0.15) is 0 Å². The molecule has 1 atom stereocenters. The molecule has 0 saturated carbocycles. The number of carbonyl (C=O) groups excluding carboxylic acids is 1. The normalized spacial score (nSPS) is 17.1. The summed E-state index contributed by atoms with van der Waals surface area (Å²) in [5.41, 5.74) is 1.87. The smallest absolute Gasteiger partial charge is 0.224 e. The summed E-state index contributed by atoms with van der Waals surface area (Å²) < 4.78 is 15.2. The zero-order valence-electron chi connectivity index (χ0n) is 13.6. The van der Waals surface area contributed by atoms with Gasteiger partial charge >= 0.3 is 0 Å². The summed E-state index contributed by atoms with van der Waals surface area (Å²) >= 11 is 0. The third-order valence-corrected chi connectivity index (χ3v) is 4.25. The lowest BCUT2D eigenvalue weighted by molar-refractivity contribution is -0.126. The molecule has 0 saturated heterocycles. The Bertz CT molecular complexity index is 691. The Labute approximate surface area is 135 Å². The number of halogens is 1. The van der Waals surface area contributed by atoms with Crippen molar-refractivity contribution in [1.29, 1.82) is 0 Å². The Kier molecular flexibility index (Phi) is 4.46. The van der Waals surface area contributed by atoms with Crippen LogP contribution >= 0.6 is 0 Å². The Morgan fingerprint density at radius 1 is 1.39 bits per heavy atom. The Morgan fingerprint density at radius 3 is 2.83 bits per heavy atom. The lowest BCUT2D eigenvalue weighted by Crippen LogP contribution is -2.37. The second-order valence-corrected chi connectivity index (χ2v) is 6.55. The van der Waals surface area contributed by atoms with Gasteiger partial charge in [0.1, 0.15) is 11.6 Å². The van der Waals surface area contributed by atoms with Crippen molar-refractivity contribution in [2.45, 2.75) is 33.2 Å².